The molecule has 0 radical (unpaired) electrons. The van der Waals surface area contributed by atoms with Crippen LogP contribution in [0, 0.1) is 5.82 Å². The van der Waals surface area contributed by atoms with Crippen molar-refractivity contribution in [3.8, 4) is 11.3 Å². The molecule has 0 unspecified atom stereocenters. The second-order valence-electron chi connectivity index (χ2n) is 6.86. The molecule has 1 saturated heterocycles. The Labute approximate surface area is 156 Å². The first-order valence-electron chi connectivity index (χ1n) is 9.15. The lowest BCUT2D eigenvalue weighted by Crippen LogP contribution is -2.34. The first-order valence-corrected chi connectivity index (χ1v) is 9.15. The van der Waals surface area contributed by atoms with E-state index in [0.29, 0.717) is 17.8 Å². The summed E-state index contributed by atoms with van der Waals surface area (Å²) in [6, 6.07) is 9.46. The van der Waals surface area contributed by atoms with E-state index in [1.807, 2.05) is 24.2 Å². The molecule has 1 amide bonds. The number of rotatable bonds is 3. The maximum absolute atomic E-state index is 13.1. The van der Waals surface area contributed by atoms with E-state index in [0.717, 1.165) is 31.4 Å². The highest BCUT2D eigenvalue weighted by molar-refractivity contribution is 5.92. The van der Waals surface area contributed by atoms with Crippen LogP contribution in [-0.2, 0) is 7.05 Å². The van der Waals surface area contributed by atoms with Crippen LogP contribution in [0.1, 0.15) is 48.0 Å². The average Bonchev–Trinajstić information content (AvgIpc) is 3.25. The lowest BCUT2D eigenvalue weighted by Gasteiger charge is -2.27. The number of amides is 1. The fraction of sp³-hybridized carbons (Fsp3) is 0.350. The Balaban J connectivity index is 1.60. The van der Waals surface area contributed by atoms with E-state index in [-0.39, 0.29) is 23.5 Å². The highest BCUT2D eigenvalue weighted by Crippen LogP contribution is 2.31. The molecule has 3 heterocycles. The van der Waals surface area contributed by atoms with E-state index >= 15 is 0 Å². The van der Waals surface area contributed by atoms with E-state index in [9.17, 15) is 9.18 Å². The first kappa shape index (κ1) is 17.5. The molecule has 0 spiro atoms. The summed E-state index contributed by atoms with van der Waals surface area (Å²) in [4.78, 5) is 15.0. The molecule has 0 N–H and O–H groups in total. The van der Waals surface area contributed by atoms with E-state index in [4.69, 9.17) is 4.52 Å². The van der Waals surface area contributed by atoms with E-state index in [2.05, 4.69) is 10.3 Å². The van der Waals surface area contributed by atoms with Gasteiger partial charge in [0.2, 0.25) is 5.76 Å². The number of carbonyl (C=O) groups excluding carboxylic acids is 1. The molecule has 1 atom stereocenters. The van der Waals surface area contributed by atoms with Crippen molar-refractivity contribution in [3.63, 3.8) is 0 Å². The molecule has 1 aliphatic heterocycles. The molecule has 140 valence electrons. The number of carbonyl (C=O) groups is 1. The summed E-state index contributed by atoms with van der Waals surface area (Å²) in [6.45, 7) is 0.659. The molecule has 3 aromatic rings. The molecule has 7 heteroatoms. The summed E-state index contributed by atoms with van der Waals surface area (Å²) < 4.78 is 20.2. The molecule has 0 bridgehead atoms. The minimum atomic E-state index is -0.318. The number of nitrogens with zero attached hydrogens (tertiary/aromatic N) is 4. The second kappa shape index (κ2) is 7.34. The quantitative estimate of drug-likeness (QED) is 0.702. The smallest absolute Gasteiger partial charge is 0.293 e. The van der Waals surface area contributed by atoms with Gasteiger partial charge in [0.1, 0.15) is 11.5 Å². The Hall–Kier alpha value is -2.96. The fourth-order valence-electron chi connectivity index (χ4n) is 3.54. The molecule has 1 aliphatic rings. The zero-order chi connectivity index (χ0) is 18.8. The van der Waals surface area contributed by atoms with Gasteiger partial charge in [0.15, 0.2) is 0 Å². The number of aromatic nitrogens is 3. The van der Waals surface area contributed by atoms with Crippen molar-refractivity contribution in [2.24, 2.45) is 7.05 Å². The third kappa shape index (κ3) is 3.63. The van der Waals surface area contributed by atoms with Crippen molar-refractivity contribution < 1.29 is 13.7 Å². The third-order valence-electron chi connectivity index (χ3n) is 4.95. The Morgan fingerprint density at radius 2 is 2.00 bits per heavy atom. The monoisotopic (exact) mass is 368 g/mol. The Bertz CT molecular complexity index is 932. The van der Waals surface area contributed by atoms with Crippen molar-refractivity contribution in [1.82, 2.24) is 19.8 Å². The van der Waals surface area contributed by atoms with Crippen LogP contribution in [-0.4, -0.2) is 32.3 Å². The zero-order valence-corrected chi connectivity index (χ0v) is 15.1. The van der Waals surface area contributed by atoms with Gasteiger partial charge in [-0.2, -0.15) is 5.10 Å². The van der Waals surface area contributed by atoms with Crippen molar-refractivity contribution in [2.45, 2.75) is 31.7 Å². The number of likely N-dealkylation sites (tertiary alicyclic amines) is 1. The van der Waals surface area contributed by atoms with E-state index in [1.165, 1.54) is 12.1 Å². The van der Waals surface area contributed by atoms with E-state index in [1.54, 1.807) is 22.9 Å². The topological polar surface area (TPSA) is 64.2 Å². The second-order valence-corrected chi connectivity index (χ2v) is 6.86. The molecular formula is C20H21FN4O2. The number of benzene rings is 1. The van der Waals surface area contributed by atoms with Crippen molar-refractivity contribution in [3.05, 3.63) is 59.9 Å². The highest BCUT2D eigenvalue weighted by Gasteiger charge is 2.31. The minimum absolute atomic E-state index is 0.0689. The van der Waals surface area contributed by atoms with Crippen molar-refractivity contribution in [2.75, 3.05) is 6.54 Å². The summed E-state index contributed by atoms with van der Waals surface area (Å²) in [7, 11) is 1.87. The lowest BCUT2D eigenvalue weighted by molar-refractivity contribution is 0.0634. The summed E-state index contributed by atoms with van der Waals surface area (Å²) in [5, 5.41) is 8.50. The summed E-state index contributed by atoms with van der Waals surface area (Å²) in [6.07, 6.45) is 5.87. The highest BCUT2D eigenvalue weighted by atomic mass is 19.1. The minimum Gasteiger partial charge on any atom is -0.350 e. The zero-order valence-electron chi connectivity index (χ0n) is 15.1. The van der Waals surface area contributed by atoms with Crippen LogP contribution < -0.4 is 0 Å². The molecule has 0 aliphatic carbocycles. The number of hydrogen-bond acceptors (Lipinski definition) is 4. The number of halogens is 1. The summed E-state index contributed by atoms with van der Waals surface area (Å²) in [5.41, 5.74) is 2.12. The van der Waals surface area contributed by atoms with Gasteiger partial charge in [-0.1, -0.05) is 18.0 Å². The molecule has 1 aromatic carbocycles. The van der Waals surface area contributed by atoms with Crippen LogP contribution in [0.5, 0.6) is 0 Å². The third-order valence-corrected chi connectivity index (χ3v) is 4.95. The van der Waals surface area contributed by atoms with Crippen molar-refractivity contribution >= 4 is 5.91 Å². The van der Waals surface area contributed by atoms with Crippen LogP contribution in [0.15, 0.2) is 47.1 Å². The first-order chi connectivity index (χ1) is 13.1. The maximum atomic E-state index is 13.1. The van der Waals surface area contributed by atoms with Gasteiger partial charge in [0, 0.05) is 31.4 Å². The molecule has 27 heavy (non-hydrogen) atoms. The predicted octanol–water partition coefficient (Wildman–Crippen LogP) is 3.97. The van der Waals surface area contributed by atoms with Gasteiger partial charge in [-0.3, -0.25) is 9.48 Å². The van der Waals surface area contributed by atoms with Gasteiger partial charge in [0.05, 0.1) is 11.7 Å². The lowest BCUT2D eigenvalue weighted by atomic mass is 10.1. The SMILES string of the molecule is Cn1ccc([C@@H]2CCCCCN2C(=O)c2cc(-c3ccc(F)cc3)no2)n1. The predicted molar refractivity (Wildman–Crippen MR) is 97.4 cm³/mol. The maximum Gasteiger partial charge on any atom is 0.293 e. The Kier molecular flexibility index (Phi) is 4.75. The van der Waals surface area contributed by atoms with Gasteiger partial charge in [0.25, 0.3) is 5.91 Å². The van der Waals surface area contributed by atoms with Gasteiger partial charge in [-0.15, -0.1) is 0 Å². The Morgan fingerprint density at radius 1 is 1.19 bits per heavy atom. The van der Waals surface area contributed by atoms with Crippen LogP contribution >= 0.6 is 0 Å². The molecule has 4 rings (SSSR count). The molecule has 2 aromatic heterocycles. The fourth-order valence-corrected chi connectivity index (χ4v) is 3.54. The van der Waals surface area contributed by atoms with Gasteiger partial charge < -0.3 is 9.42 Å². The average molecular weight is 368 g/mol. The van der Waals surface area contributed by atoms with Crippen molar-refractivity contribution in [1.29, 1.82) is 0 Å². The standard InChI is InChI=1S/C20H21FN4O2/c1-24-12-10-16(22-24)18-5-3-2-4-11-25(18)20(26)19-13-17(23-27-19)14-6-8-15(21)9-7-14/h6-10,12-13,18H,2-5,11H2,1H3/t18-/m0/s1. The summed E-state index contributed by atoms with van der Waals surface area (Å²) >= 11 is 0. The molecule has 1 fully saturated rings. The number of hydrogen-bond donors (Lipinski definition) is 0. The largest absolute Gasteiger partial charge is 0.350 e. The molecule has 0 saturated carbocycles. The summed E-state index contributed by atoms with van der Waals surface area (Å²) in [5.74, 6) is -0.313. The molecule has 6 nitrogen and oxygen atoms in total. The van der Waals surface area contributed by atoms with Crippen LogP contribution in [0.2, 0.25) is 0 Å². The van der Waals surface area contributed by atoms with Gasteiger partial charge >= 0.3 is 0 Å². The van der Waals surface area contributed by atoms with Crippen LogP contribution in [0.25, 0.3) is 11.3 Å². The van der Waals surface area contributed by atoms with Crippen LogP contribution in [0.3, 0.4) is 0 Å². The normalized spacial score (nSPS) is 17.7. The van der Waals surface area contributed by atoms with Gasteiger partial charge in [-0.25, -0.2) is 4.39 Å². The number of aryl methyl sites for hydroxylation is 1. The Morgan fingerprint density at radius 3 is 2.74 bits per heavy atom. The van der Waals surface area contributed by atoms with E-state index < -0.39 is 0 Å². The molecular weight excluding hydrogens is 347 g/mol. The van der Waals surface area contributed by atoms with Crippen LogP contribution in [0.4, 0.5) is 4.39 Å². The van der Waals surface area contributed by atoms with Gasteiger partial charge in [-0.05, 0) is 43.2 Å².